The molecule has 0 aliphatic carbocycles. The molecule has 2 aromatic heterocycles. The van der Waals surface area contributed by atoms with Crippen molar-refractivity contribution in [2.24, 2.45) is 0 Å². The van der Waals surface area contributed by atoms with Crippen LogP contribution < -0.4 is 0 Å². The van der Waals surface area contributed by atoms with Crippen molar-refractivity contribution in [2.45, 2.75) is 6.92 Å². The molecule has 0 aliphatic rings. The van der Waals surface area contributed by atoms with Crippen LogP contribution in [0.2, 0.25) is 5.15 Å². The van der Waals surface area contributed by atoms with E-state index in [0.717, 1.165) is 16.6 Å². The number of H-pyrrole nitrogens is 1. The third kappa shape index (κ3) is 1.74. The maximum atomic E-state index is 6.05. The lowest BCUT2D eigenvalue weighted by Gasteiger charge is -2.02. The second kappa shape index (κ2) is 3.78. The number of imidazole rings is 1. The van der Waals surface area contributed by atoms with Gasteiger partial charge in [0, 0.05) is 5.56 Å². The van der Waals surface area contributed by atoms with Crippen LogP contribution in [0.15, 0.2) is 24.5 Å². The fourth-order valence-corrected chi connectivity index (χ4v) is 1.91. The second-order valence-electron chi connectivity index (χ2n) is 3.63. The van der Waals surface area contributed by atoms with Gasteiger partial charge in [0.25, 0.3) is 0 Å². The lowest BCUT2D eigenvalue weighted by Crippen LogP contribution is -1.95. The Morgan fingerprint density at radius 1 is 1.24 bits per heavy atom. The van der Waals surface area contributed by atoms with Crippen LogP contribution in [0.4, 0.5) is 0 Å². The molecule has 6 heteroatoms. The zero-order valence-electron chi connectivity index (χ0n) is 8.98. The van der Waals surface area contributed by atoms with Gasteiger partial charge >= 0.3 is 0 Å². The topological polar surface area (TPSA) is 67.3 Å². The summed E-state index contributed by atoms with van der Waals surface area (Å²) in [6.07, 6.45) is 1.65. The molecule has 0 spiro atoms. The van der Waals surface area contributed by atoms with Gasteiger partial charge in [-0.15, -0.1) is 10.2 Å². The van der Waals surface area contributed by atoms with Crippen LogP contribution in [0.1, 0.15) is 5.82 Å². The summed E-state index contributed by atoms with van der Waals surface area (Å²) in [6.45, 7) is 1.75. The first-order chi connectivity index (χ1) is 8.24. The molecule has 0 amide bonds. The van der Waals surface area contributed by atoms with Crippen LogP contribution in [-0.4, -0.2) is 25.1 Å². The number of nitrogens with zero attached hydrogens (tertiary/aromatic N) is 4. The molecule has 5 nitrogen and oxygen atoms in total. The van der Waals surface area contributed by atoms with Crippen molar-refractivity contribution in [2.75, 3.05) is 0 Å². The summed E-state index contributed by atoms with van der Waals surface area (Å²) >= 11 is 6.05. The predicted octanol–water partition coefficient (Wildman–Crippen LogP) is 2.38. The van der Waals surface area contributed by atoms with E-state index in [9.17, 15) is 0 Å². The molecule has 3 aromatic rings. The molecular weight excluding hydrogens is 238 g/mol. The number of hydrogen-bond acceptors (Lipinski definition) is 4. The standard InChI is InChI=1S/C11H8ClN5/c1-6-15-11(12)10(17-16-6)7-2-3-8-9(4-7)14-5-13-8/h2-5H,1H3,(H,13,14). The highest BCUT2D eigenvalue weighted by molar-refractivity contribution is 6.31. The molecule has 1 N–H and O–H groups in total. The highest BCUT2D eigenvalue weighted by atomic mass is 35.5. The van der Waals surface area contributed by atoms with E-state index < -0.39 is 0 Å². The molecule has 0 unspecified atom stereocenters. The number of benzene rings is 1. The molecule has 0 saturated heterocycles. The van der Waals surface area contributed by atoms with Crippen molar-refractivity contribution in [1.82, 2.24) is 25.1 Å². The Kier molecular flexibility index (Phi) is 2.26. The zero-order valence-corrected chi connectivity index (χ0v) is 9.73. The Bertz CT molecular complexity index is 691. The van der Waals surface area contributed by atoms with Crippen molar-refractivity contribution < 1.29 is 0 Å². The SMILES string of the molecule is Cc1nnc(-c2ccc3nc[nH]c3c2)c(Cl)n1. The molecular formula is C11H8ClN5. The molecule has 0 radical (unpaired) electrons. The van der Waals surface area contributed by atoms with Gasteiger partial charge in [0.1, 0.15) is 11.5 Å². The minimum Gasteiger partial charge on any atom is -0.345 e. The number of aromatic amines is 1. The van der Waals surface area contributed by atoms with Crippen LogP contribution in [-0.2, 0) is 0 Å². The Hall–Kier alpha value is -2.01. The van der Waals surface area contributed by atoms with Crippen molar-refractivity contribution in [3.8, 4) is 11.3 Å². The zero-order chi connectivity index (χ0) is 11.8. The van der Waals surface area contributed by atoms with E-state index in [0.29, 0.717) is 16.7 Å². The fraction of sp³-hybridized carbons (Fsp3) is 0.0909. The predicted molar refractivity (Wildman–Crippen MR) is 64.7 cm³/mol. The Morgan fingerprint density at radius 2 is 2.12 bits per heavy atom. The summed E-state index contributed by atoms with van der Waals surface area (Å²) in [4.78, 5) is 11.3. The summed E-state index contributed by atoms with van der Waals surface area (Å²) < 4.78 is 0. The van der Waals surface area contributed by atoms with Gasteiger partial charge in [0.15, 0.2) is 5.15 Å². The molecule has 3 rings (SSSR count). The fourth-order valence-electron chi connectivity index (χ4n) is 1.64. The number of aromatic nitrogens is 5. The second-order valence-corrected chi connectivity index (χ2v) is 3.99. The summed E-state index contributed by atoms with van der Waals surface area (Å²) in [5.74, 6) is 0.557. The van der Waals surface area contributed by atoms with E-state index in [1.807, 2.05) is 18.2 Å². The largest absolute Gasteiger partial charge is 0.345 e. The molecule has 17 heavy (non-hydrogen) atoms. The molecule has 0 saturated carbocycles. The Balaban J connectivity index is 2.19. The van der Waals surface area contributed by atoms with E-state index in [1.165, 1.54) is 0 Å². The van der Waals surface area contributed by atoms with Gasteiger partial charge < -0.3 is 4.98 Å². The molecule has 1 aromatic carbocycles. The van der Waals surface area contributed by atoms with Crippen molar-refractivity contribution in [3.63, 3.8) is 0 Å². The number of aryl methyl sites for hydroxylation is 1. The maximum absolute atomic E-state index is 6.05. The van der Waals surface area contributed by atoms with Gasteiger partial charge in [-0.3, -0.25) is 0 Å². The first-order valence-corrected chi connectivity index (χ1v) is 5.42. The van der Waals surface area contributed by atoms with Crippen LogP contribution in [0.25, 0.3) is 22.3 Å². The minimum atomic E-state index is 0.358. The van der Waals surface area contributed by atoms with E-state index in [-0.39, 0.29) is 0 Å². The first-order valence-electron chi connectivity index (χ1n) is 5.04. The number of rotatable bonds is 1. The third-order valence-corrected chi connectivity index (χ3v) is 2.71. The molecule has 0 fully saturated rings. The molecule has 0 aliphatic heterocycles. The van der Waals surface area contributed by atoms with E-state index in [1.54, 1.807) is 13.3 Å². The van der Waals surface area contributed by atoms with E-state index in [2.05, 4.69) is 25.1 Å². The van der Waals surface area contributed by atoms with Crippen molar-refractivity contribution in [3.05, 3.63) is 35.5 Å². The van der Waals surface area contributed by atoms with Gasteiger partial charge in [-0.25, -0.2) is 9.97 Å². The average molecular weight is 246 g/mol. The number of nitrogens with one attached hydrogen (secondary N) is 1. The van der Waals surface area contributed by atoms with Gasteiger partial charge in [-0.2, -0.15) is 0 Å². The lowest BCUT2D eigenvalue weighted by atomic mass is 10.1. The van der Waals surface area contributed by atoms with E-state index in [4.69, 9.17) is 11.6 Å². The van der Waals surface area contributed by atoms with Gasteiger partial charge in [0.05, 0.1) is 17.4 Å². The smallest absolute Gasteiger partial charge is 0.159 e. The van der Waals surface area contributed by atoms with Crippen LogP contribution in [0, 0.1) is 6.92 Å². The van der Waals surface area contributed by atoms with Crippen LogP contribution in [0.5, 0.6) is 0 Å². The number of halogens is 1. The summed E-state index contributed by atoms with van der Waals surface area (Å²) in [5, 5.41) is 8.33. The molecule has 84 valence electrons. The van der Waals surface area contributed by atoms with Crippen LogP contribution in [0.3, 0.4) is 0 Å². The van der Waals surface area contributed by atoms with Crippen molar-refractivity contribution >= 4 is 22.6 Å². The minimum absolute atomic E-state index is 0.358. The monoisotopic (exact) mass is 245 g/mol. The highest BCUT2D eigenvalue weighted by Crippen LogP contribution is 2.25. The van der Waals surface area contributed by atoms with Gasteiger partial charge in [-0.05, 0) is 19.1 Å². The van der Waals surface area contributed by atoms with Gasteiger partial charge in [0.2, 0.25) is 0 Å². The highest BCUT2D eigenvalue weighted by Gasteiger charge is 2.09. The maximum Gasteiger partial charge on any atom is 0.159 e. The number of fused-ring (bicyclic) bond motifs is 1. The summed E-state index contributed by atoms with van der Waals surface area (Å²) in [5.41, 5.74) is 3.28. The lowest BCUT2D eigenvalue weighted by molar-refractivity contribution is 0.914. The quantitative estimate of drug-likeness (QED) is 0.715. The molecule has 0 bridgehead atoms. The van der Waals surface area contributed by atoms with Crippen molar-refractivity contribution in [1.29, 1.82) is 0 Å². The summed E-state index contributed by atoms with van der Waals surface area (Å²) in [6, 6.07) is 5.73. The van der Waals surface area contributed by atoms with E-state index >= 15 is 0 Å². The normalized spacial score (nSPS) is 10.9. The Morgan fingerprint density at radius 3 is 2.94 bits per heavy atom. The van der Waals surface area contributed by atoms with Crippen LogP contribution >= 0.6 is 11.6 Å². The first kappa shape index (κ1) is 10.2. The number of hydrogen-bond donors (Lipinski definition) is 1. The Labute approximate surface area is 102 Å². The summed E-state index contributed by atoms with van der Waals surface area (Å²) in [7, 11) is 0. The third-order valence-electron chi connectivity index (χ3n) is 2.44. The van der Waals surface area contributed by atoms with Gasteiger partial charge in [-0.1, -0.05) is 17.7 Å². The molecule has 0 atom stereocenters. The average Bonchev–Trinajstić information content (AvgIpc) is 2.75. The molecule has 2 heterocycles.